The van der Waals surface area contributed by atoms with Crippen LogP contribution in [0.25, 0.3) is 0 Å². The topological polar surface area (TPSA) is 74.6 Å². The zero-order valence-electron chi connectivity index (χ0n) is 7.89. The predicted molar refractivity (Wildman–Crippen MR) is 37.2 cm³/mol. The number of carboxylic acids is 2. The summed E-state index contributed by atoms with van der Waals surface area (Å²) in [5.74, 6) is -5.02. The van der Waals surface area contributed by atoms with E-state index >= 15 is 0 Å². The Kier molecular flexibility index (Phi) is 6.61. The molecule has 4 nitrogen and oxygen atoms in total. The third-order valence-corrected chi connectivity index (χ3v) is 1.01. The molecule has 0 aromatic rings. The van der Waals surface area contributed by atoms with E-state index < -0.39 is 36.6 Å². The number of carboxylic acid groups (broad SMARTS) is 2. The average molecular weight is 292 g/mol. The van der Waals surface area contributed by atoms with Gasteiger partial charge in [0.15, 0.2) is 0 Å². The molecule has 0 amide bonds. The van der Waals surface area contributed by atoms with Gasteiger partial charge < -0.3 is 10.2 Å². The fraction of sp³-hybridized carbons (Fsp3) is 0.667. The van der Waals surface area contributed by atoms with Crippen LogP contribution in [-0.2, 0) is 9.59 Å². The maximum Gasteiger partial charge on any atom is 0.430 e. The molecule has 0 aromatic heterocycles. The van der Waals surface area contributed by atoms with Crippen molar-refractivity contribution in [1.29, 1.82) is 0 Å². The molecular weight excluding hydrogens is 288 g/mol. The van der Waals surface area contributed by atoms with Crippen molar-refractivity contribution < 1.29 is 54.9 Å². The molecule has 0 aliphatic rings. The van der Waals surface area contributed by atoms with Gasteiger partial charge in [-0.2, -0.15) is 26.3 Å². The minimum absolute atomic E-state index is 2.51. The average Bonchev–Trinajstić information content (AvgIpc) is 2.13. The fourth-order valence-electron chi connectivity index (χ4n) is 0.280. The van der Waals surface area contributed by atoms with Crippen LogP contribution >= 0.6 is 0 Å². The lowest BCUT2D eigenvalue weighted by Gasteiger charge is -2.05. The van der Waals surface area contributed by atoms with Crippen LogP contribution in [0.2, 0.25) is 0 Å². The van der Waals surface area contributed by atoms with Gasteiger partial charge in [-0.05, 0) is 0 Å². The van der Waals surface area contributed by atoms with Crippen LogP contribution in [0.3, 0.4) is 0 Å². The number of halogens is 8. The highest BCUT2D eigenvalue weighted by Gasteiger charge is 2.46. The van der Waals surface area contributed by atoms with Crippen LogP contribution in [0.15, 0.2) is 0 Å². The molecule has 18 heavy (non-hydrogen) atoms. The quantitative estimate of drug-likeness (QED) is 0.763. The number of rotatable bonds is 2. The first kappa shape index (κ1) is 18.7. The first-order valence-electron chi connectivity index (χ1n) is 3.58. The second kappa shape index (κ2) is 6.35. The summed E-state index contributed by atoms with van der Waals surface area (Å²) in [6.07, 6.45) is -18.1. The molecule has 12 heteroatoms. The highest BCUT2D eigenvalue weighted by atomic mass is 19.4. The Bertz CT molecular complexity index is 265. The van der Waals surface area contributed by atoms with E-state index in [1.165, 1.54) is 0 Å². The van der Waals surface area contributed by atoms with Gasteiger partial charge in [-0.3, -0.25) is 0 Å². The summed E-state index contributed by atoms with van der Waals surface area (Å²) in [5, 5.41) is 14.8. The zero-order valence-corrected chi connectivity index (χ0v) is 7.89. The van der Waals surface area contributed by atoms with E-state index in [0.29, 0.717) is 0 Å². The minimum Gasteiger partial charge on any atom is -0.479 e. The molecule has 2 N–H and O–H groups in total. The van der Waals surface area contributed by atoms with E-state index in [9.17, 15) is 44.7 Å². The van der Waals surface area contributed by atoms with Crippen molar-refractivity contribution in [3.63, 3.8) is 0 Å². The standard InChI is InChI=1S/2C3H2F4O2/c2*4-1(2(8)9)3(5,6)7/h2*1H,(H,8,9). The van der Waals surface area contributed by atoms with Crippen LogP contribution < -0.4 is 0 Å². The molecule has 108 valence electrons. The summed E-state index contributed by atoms with van der Waals surface area (Å²) in [7, 11) is 0. The molecule has 2 atom stereocenters. The Labute approximate surface area is 92.8 Å². The van der Waals surface area contributed by atoms with Crippen molar-refractivity contribution in [1.82, 2.24) is 0 Å². The van der Waals surface area contributed by atoms with Crippen molar-refractivity contribution in [2.24, 2.45) is 0 Å². The normalized spacial score (nSPS) is 15.1. The van der Waals surface area contributed by atoms with Gasteiger partial charge in [-0.1, -0.05) is 0 Å². The van der Waals surface area contributed by atoms with E-state index in [4.69, 9.17) is 10.2 Å². The summed E-state index contributed by atoms with van der Waals surface area (Å²) in [4.78, 5) is 18.5. The van der Waals surface area contributed by atoms with Crippen molar-refractivity contribution in [3.05, 3.63) is 0 Å². The summed E-state index contributed by atoms with van der Waals surface area (Å²) >= 11 is 0. The van der Waals surface area contributed by atoms with E-state index in [0.717, 1.165) is 0 Å². The smallest absolute Gasteiger partial charge is 0.430 e. The zero-order chi connectivity index (χ0) is 15.3. The maximum atomic E-state index is 11.3. The molecule has 0 bridgehead atoms. The third kappa shape index (κ3) is 7.62. The van der Waals surface area contributed by atoms with Gasteiger partial charge in [0.05, 0.1) is 0 Å². The molecule has 0 saturated heterocycles. The van der Waals surface area contributed by atoms with Crippen molar-refractivity contribution >= 4 is 11.9 Å². The van der Waals surface area contributed by atoms with Gasteiger partial charge >= 0.3 is 24.3 Å². The van der Waals surface area contributed by atoms with Gasteiger partial charge in [0.2, 0.25) is 0 Å². The summed E-state index contributed by atoms with van der Waals surface area (Å²) in [6, 6.07) is 0. The first-order valence-corrected chi connectivity index (χ1v) is 3.58. The van der Waals surface area contributed by atoms with Crippen molar-refractivity contribution in [2.45, 2.75) is 24.7 Å². The van der Waals surface area contributed by atoms with E-state index in [-0.39, 0.29) is 0 Å². The summed E-state index contributed by atoms with van der Waals surface area (Å²) < 4.78 is 88.3. The van der Waals surface area contributed by atoms with E-state index in [1.807, 2.05) is 0 Å². The Morgan fingerprint density at radius 3 is 0.889 bits per heavy atom. The Morgan fingerprint density at radius 2 is 0.889 bits per heavy atom. The Hall–Kier alpha value is -1.62. The monoisotopic (exact) mass is 292 g/mol. The van der Waals surface area contributed by atoms with Gasteiger partial charge in [-0.25, -0.2) is 18.4 Å². The lowest BCUT2D eigenvalue weighted by atomic mass is 10.4. The number of hydrogen-bond donors (Lipinski definition) is 2. The maximum absolute atomic E-state index is 11.3. The van der Waals surface area contributed by atoms with Gasteiger partial charge in [0.1, 0.15) is 0 Å². The van der Waals surface area contributed by atoms with Gasteiger partial charge in [-0.15, -0.1) is 0 Å². The second-order valence-electron chi connectivity index (χ2n) is 2.48. The summed E-state index contributed by atoms with van der Waals surface area (Å²) in [6.45, 7) is 0. The van der Waals surface area contributed by atoms with Crippen molar-refractivity contribution in [2.75, 3.05) is 0 Å². The van der Waals surface area contributed by atoms with Crippen LogP contribution in [0.5, 0.6) is 0 Å². The minimum atomic E-state index is -5.29. The molecular formula is C6H4F8O4. The first-order chi connectivity index (χ1) is 7.71. The van der Waals surface area contributed by atoms with Crippen LogP contribution in [-0.4, -0.2) is 46.8 Å². The number of hydrogen-bond acceptors (Lipinski definition) is 2. The third-order valence-electron chi connectivity index (χ3n) is 1.01. The Morgan fingerprint density at radius 1 is 0.722 bits per heavy atom. The predicted octanol–water partition coefficient (Wildman–Crippen LogP) is 1.94. The lowest BCUT2D eigenvalue weighted by Crippen LogP contribution is -2.32. The van der Waals surface area contributed by atoms with Crippen molar-refractivity contribution in [3.8, 4) is 0 Å². The van der Waals surface area contributed by atoms with Crippen LogP contribution in [0.4, 0.5) is 35.1 Å². The van der Waals surface area contributed by atoms with Gasteiger partial charge in [0, 0.05) is 0 Å². The fourth-order valence-corrected chi connectivity index (χ4v) is 0.280. The van der Waals surface area contributed by atoms with Crippen LogP contribution in [0, 0.1) is 0 Å². The molecule has 0 rings (SSSR count). The number of carbonyl (C=O) groups is 2. The SMILES string of the molecule is O=C(O)C(F)C(F)(F)F.O=C(O)C(F)C(F)(F)F. The molecule has 0 heterocycles. The molecule has 0 spiro atoms. The molecule has 0 radical (unpaired) electrons. The van der Waals surface area contributed by atoms with Gasteiger partial charge in [0.25, 0.3) is 12.3 Å². The lowest BCUT2D eigenvalue weighted by molar-refractivity contribution is -0.198. The van der Waals surface area contributed by atoms with Crippen LogP contribution in [0.1, 0.15) is 0 Å². The molecule has 0 aromatic carbocycles. The number of aliphatic carboxylic acids is 2. The Balaban J connectivity index is 0. The van der Waals surface area contributed by atoms with E-state index in [1.54, 1.807) is 0 Å². The second-order valence-corrected chi connectivity index (χ2v) is 2.48. The molecule has 0 aliphatic heterocycles. The molecule has 2 unspecified atom stereocenters. The highest BCUT2D eigenvalue weighted by Crippen LogP contribution is 2.23. The van der Waals surface area contributed by atoms with E-state index in [2.05, 4.69) is 0 Å². The largest absolute Gasteiger partial charge is 0.479 e. The molecule has 0 saturated carbocycles. The highest BCUT2D eigenvalue weighted by molar-refractivity contribution is 5.73. The molecule has 0 aliphatic carbocycles. The molecule has 0 fully saturated rings. The summed E-state index contributed by atoms with van der Waals surface area (Å²) in [5.41, 5.74) is 0. The number of alkyl halides is 8.